The van der Waals surface area contributed by atoms with Crippen molar-refractivity contribution in [3.05, 3.63) is 36.0 Å². The highest BCUT2D eigenvalue weighted by molar-refractivity contribution is 5.28. The number of rotatable bonds is 4. The maximum absolute atomic E-state index is 10.2. The van der Waals surface area contributed by atoms with Gasteiger partial charge in [0.2, 0.25) is 0 Å². The van der Waals surface area contributed by atoms with Crippen molar-refractivity contribution in [2.24, 2.45) is 46.3 Å². The third-order valence-corrected chi connectivity index (χ3v) is 10.1. The largest absolute Gasteiger partial charge is 0.393 e. The summed E-state index contributed by atoms with van der Waals surface area (Å²) >= 11 is 0. The van der Waals surface area contributed by atoms with Crippen molar-refractivity contribution in [2.45, 2.75) is 92.1 Å². The molecule has 0 radical (unpaired) electrons. The maximum atomic E-state index is 10.2. The van der Waals surface area contributed by atoms with Crippen LogP contribution < -0.4 is 0 Å². The first kappa shape index (κ1) is 21.4. The van der Waals surface area contributed by atoms with Crippen LogP contribution in [0.1, 0.15) is 86.0 Å². The minimum absolute atomic E-state index is 0.0547. The summed E-state index contributed by atoms with van der Waals surface area (Å²) in [6.45, 7) is 16.3. The maximum Gasteiger partial charge on any atom is 0.0543 e. The van der Waals surface area contributed by atoms with E-state index in [0.29, 0.717) is 28.6 Å². The summed E-state index contributed by atoms with van der Waals surface area (Å²) in [5, 5.41) is 10.2. The van der Waals surface area contributed by atoms with E-state index in [4.69, 9.17) is 0 Å². The van der Waals surface area contributed by atoms with Crippen LogP contribution in [0, 0.1) is 46.3 Å². The monoisotopic (exact) mass is 396 g/mol. The fraction of sp³-hybridized carbons (Fsp3) is 0.786. The van der Waals surface area contributed by atoms with E-state index >= 15 is 0 Å². The van der Waals surface area contributed by atoms with Gasteiger partial charge >= 0.3 is 0 Å². The van der Waals surface area contributed by atoms with Gasteiger partial charge in [0.05, 0.1) is 6.10 Å². The molecule has 0 spiro atoms. The second-order valence-corrected chi connectivity index (χ2v) is 11.9. The summed E-state index contributed by atoms with van der Waals surface area (Å²) in [5.74, 6) is 4.23. The topological polar surface area (TPSA) is 20.2 Å². The molecule has 1 N–H and O–H groups in total. The van der Waals surface area contributed by atoms with Gasteiger partial charge in [0, 0.05) is 0 Å². The summed E-state index contributed by atoms with van der Waals surface area (Å²) in [5.41, 5.74) is 3.99. The lowest BCUT2D eigenvalue weighted by atomic mass is 9.47. The van der Waals surface area contributed by atoms with Crippen LogP contribution in [-0.4, -0.2) is 11.2 Å². The first-order valence-electron chi connectivity index (χ1n) is 12.4. The van der Waals surface area contributed by atoms with E-state index in [2.05, 4.69) is 59.4 Å². The highest BCUT2D eigenvalue weighted by Gasteiger charge is 2.57. The molecule has 0 aromatic carbocycles. The first-order chi connectivity index (χ1) is 13.7. The Balaban J connectivity index is 1.55. The van der Waals surface area contributed by atoms with E-state index in [-0.39, 0.29) is 6.10 Å². The smallest absolute Gasteiger partial charge is 0.0543 e. The zero-order chi connectivity index (χ0) is 21.0. The molecule has 162 valence electrons. The highest BCUT2D eigenvalue weighted by Crippen LogP contribution is 2.66. The summed E-state index contributed by atoms with van der Waals surface area (Å²) < 4.78 is 0. The van der Waals surface area contributed by atoms with Crippen LogP contribution >= 0.6 is 0 Å². The van der Waals surface area contributed by atoms with Gasteiger partial charge in [0.1, 0.15) is 0 Å². The van der Waals surface area contributed by atoms with Gasteiger partial charge < -0.3 is 5.11 Å². The molecular weight excluding hydrogens is 352 g/mol. The third-order valence-electron chi connectivity index (χ3n) is 10.1. The number of hydrogen-bond acceptors (Lipinski definition) is 1. The standard InChI is InChI=1S/C28H44O/c1-18(2)19(3)7-8-20(4)24-11-12-25-23-10-9-21-17-22(29)13-15-27(21,5)26(23)14-16-28(24,25)6/h7-8,10,18,20-22,24-26,29H,3,9,11-17H2,1-2,4-6H3/b8-7+/t20-,21+,22+,24-,25+,26+,27+,28-/m1/s1. The predicted octanol–water partition coefficient (Wildman–Crippen LogP) is 7.33. The molecule has 3 fully saturated rings. The molecule has 0 amide bonds. The lowest BCUT2D eigenvalue weighted by Crippen LogP contribution is -2.49. The van der Waals surface area contributed by atoms with E-state index in [1.165, 1.54) is 44.1 Å². The van der Waals surface area contributed by atoms with E-state index in [1.54, 1.807) is 0 Å². The van der Waals surface area contributed by atoms with Crippen LogP contribution in [0.4, 0.5) is 0 Å². The number of fused-ring (bicyclic) bond motifs is 5. The number of aliphatic hydroxyl groups excluding tert-OH is 1. The Kier molecular flexibility index (Phi) is 5.69. The summed E-state index contributed by atoms with van der Waals surface area (Å²) in [6, 6.07) is 0. The lowest BCUT2D eigenvalue weighted by molar-refractivity contribution is -0.0414. The van der Waals surface area contributed by atoms with Crippen LogP contribution in [0.5, 0.6) is 0 Å². The fourth-order valence-electron chi connectivity index (χ4n) is 8.00. The molecule has 1 heteroatoms. The highest BCUT2D eigenvalue weighted by atomic mass is 16.3. The molecule has 4 rings (SSSR count). The van der Waals surface area contributed by atoms with Gasteiger partial charge in [-0.15, -0.1) is 0 Å². The Morgan fingerprint density at radius 3 is 2.48 bits per heavy atom. The molecule has 4 aliphatic rings. The van der Waals surface area contributed by atoms with E-state index in [9.17, 15) is 5.11 Å². The molecule has 3 saturated carbocycles. The van der Waals surface area contributed by atoms with Crippen LogP contribution in [0.3, 0.4) is 0 Å². The van der Waals surface area contributed by atoms with Crippen LogP contribution in [0.2, 0.25) is 0 Å². The van der Waals surface area contributed by atoms with Crippen LogP contribution in [0.25, 0.3) is 0 Å². The molecule has 0 unspecified atom stereocenters. The molecule has 4 aliphatic carbocycles. The number of aliphatic hydroxyl groups is 1. The van der Waals surface area contributed by atoms with Crippen molar-refractivity contribution in [3.63, 3.8) is 0 Å². The van der Waals surface area contributed by atoms with Gasteiger partial charge in [0.25, 0.3) is 0 Å². The van der Waals surface area contributed by atoms with Crippen LogP contribution in [-0.2, 0) is 0 Å². The molecule has 0 saturated heterocycles. The zero-order valence-corrected chi connectivity index (χ0v) is 19.6. The molecule has 0 heterocycles. The van der Waals surface area contributed by atoms with E-state index in [0.717, 1.165) is 30.6 Å². The first-order valence-corrected chi connectivity index (χ1v) is 12.4. The molecule has 8 atom stereocenters. The Morgan fingerprint density at radius 2 is 1.76 bits per heavy atom. The molecule has 0 aliphatic heterocycles. The van der Waals surface area contributed by atoms with Crippen LogP contribution in [0.15, 0.2) is 36.0 Å². The quantitative estimate of drug-likeness (QED) is 0.389. The number of hydrogen-bond donors (Lipinski definition) is 1. The van der Waals surface area contributed by atoms with Crippen molar-refractivity contribution in [1.29, 1.82) is 0 Å². The zero-order valence-electron chi connectivity index (χ0n) is 19.6. The third kappa shape index (κ3) is 3.50. The molecule has 29 heavy (non-hydrogen) atoms. The van der Waals surface area contributed by atoms with Crippen molar-refractivity contribution >= 4 is 0 Å². The van der Waals surface area contributed by atoms with Gasteiger partial charge in [-0.3, -0.25) is 0 Å². The average Bonchev–Trinajstić information content (AvgIpc) is 3.03. The summed E-state index contributed by atoms with van der Waals surface area (Å²) in [7, 11) is 0. The molecule has 1 nitrogen and oxygen atoms in total. The Labute approximate surface area is 179 Å². The second kappa shape index (κ2) is 7.70. The van der Waals surface area contributed by atoms with Gasteiger partial charge in [-0.05, 0) is 97.7 Å². The molecule has 0 aromatic rings. The van der Waals surface area contributed by atoms with Crippen molar-refractivity contribution < 1.29 is 5.11 Å². The predicted molar refractivity (Wildman–Crippen MR) is 123 cm³/mol. The van der Waals surface area contributed by atoms with Gasteiger partial charge in [-0.25, -0.2) is 0 Å². The normalized spacial score (nSPS) is 45.5. The van der Waals surface area contributed by atoms with Gasteiger partial charge in [-0.2, -0.15) is 0 Å². The van der Waals surface area contributed by atoms with Gasteiger partial charge in [-0.1, -0.05) is 70.6 Å². The van der Waals surface area contributed by atoms with Crippen molar-refractivity contribution in [3.8, 4) is 0 Å². The minimum atomic E-state index is -0.0547. The lowest BCUT2D eigenvalue weighted by Gasteiger charge is -2.57. The minimum Gasteiger partial charge on any atom is -0.393 e. The molecule has 0 aromatic heterocycles. The van der Waals surface area contributed by atoms with E-state index in [1.807, 2.05) is 5.57 Å². The van der Waals surface area contributed by atoms with Crippen molar-refractivity contribution in [2.75, 3.05) is 0 Å². The van der Waals surface area contributed by atoms with E-state index < -0.39 is 0 Å². The van der Waals surface area contributed by atoms with Gasteiger partial charge in [0.15, 0.2) is 0 Å². The summed E-state index contributed by atoms with van der Waals surface area (Å²) in [4.78, 5) is 0. The Morgan fingerprint density at radius 1 is 1.07 bits per heavy atom. The Hall–Kier alpha value is -0.820. The summed E-state index contributed by atoms with van der Waals surface area (Å²) in [6.07, 6.45) is 17.4. The Bertz CT molecular complexity index is 699. The molecular formula is C28H44O. The number of allylic oxidation sites excluding steroid dienone is 5. The SMILES string of the molecule is C=C(/C=C/[C@@H](C)[C@H]1CC[C@H]2C3=CC[C@H]4C[C@@H](O)CC[C@]4(C)[C@H]3CC[C@]12C)C(C)C. The molecule has 0 bridgehead atoms. The second-order valence-electron chi connectivity index (χ2n) is 11.9. The van der Waals surface area contributed by atoms with Crippen molar-refractivity contribution in [1.82, 2.24) is 0 Å². The fourth-order valence-corrected chi connectivity index (χ4v) is 8.00. The average molecular weight is 397 g/mol.